The normalized spacial score (nSPS) is 11.2. The van der Waals surface area contributed by atoms with Crippen molar-refractivity contribution in [2.45, 2.75) is 19.3 Å². The number of carboxylic acid groups (broad SMARTS) is 1. The van der Waals surface area contributed by atoms with Crippen molar-refractivity contribution in [3.05, 3.63) is 77.1 Å². The summed E-state index contributed by atoms with van der Waals surface area (Å²) >= 11 is 0. The van der Waals surface area contributed by atoms with Crippen LogP contribution >= 0.6 is 0 Å². The van der Waals surface area contributed by atoms with Gasteiger partial charge >= 0.3 is 11.9 Å². The number of aromatic carboxylic acids is 1. The molecule has 0 saturated heterocycles. The van der Waals surface area contributed by atoms with E-state index in [4.69, 9.17) is 9.84 Å². The van der Waals surface area contributed by atoms with Gasteiger partial charge in [-0.1, -0.05) is 36.4 Å². The van der Waals surface area contributed by atoms with Gasteiger partial charge in [0.25, 0.3) is 0 Å². The summed E-state index contributed by atoms with van der Waals surface area (Å²) in [5.74, 6) is -1.78. The number of carbonyl (C=O) groups excluding carboxylic acids is 2. The molecule has 6 heteroatoms. The maximum Gasteiger partial charge on any atom is 0.335 e. The molecule has 1 N–H and O–H groups in total. The Kier molecular flexibility index (Phi) is 4.96. The first-order valence-corrected chi connectivity index (χ1v) is 8.62. The molecule has 6 nitrogen and oxygen atoms in total. The van der Waals surface area contributed by atoms with E-state index in [1.807, 2.05) is 12.1 Å². The van der Waals surface area contributed by atoms with E-state index in [2.05, 4.69) is 4.98 Å². The number of esters is 1. The molecule has 0 amide bonds. The molecule has 0 unspecified atom stereocenters. The fourth-order valence-corrected chi connectivity index (χ4v) is 3.14. The number of benzene rings is 2. The molecule has 2 aromatic carbocycles. The lowest BCUT2D eigenvalue weighted by Gasteiger charge is -2.24. The molecule has 0 spiro atoms. The molecule has 142 valence electrons. The van der Waals surface area contributed by atoms with E-state index in [1.54, 1.807) is 26.0 Å². The molecular formula is C22H19NO5. The highest BCUT2D eigenvalue weighted by molar-refractivity contribution is 6.15. The summed E-state index contributed by atoms with van der Waals surface area (Å²) in [4.78, 5) is 40.6. The lowest BCUT2D eigenvalue weighted by atomic mass is 9.82. The highest BCUT2D eigenvalue weighted by atomic mass is 16.5. The van der Waals surface area contributed by atoms with Gasteiger partial charge in [0.05, 0.1) is 18.1 Å². The van der Waals surface area contributed by atoms with E-state index in [-0.39, 0.29) is 17.0 Å². The van der Waals surface area contributed by atoms with Crippen LogP contribution in [-0.2, 0) is 14.9 Å². The van der Waals surface area contributed by atoms with Gasteiger partial charge in [0, 0.05) is 17.1 Å². The summed E-state index contributed by atoms with van der Waals surface area (Å²) in [6.07, 6.45) is 1.53. The fraction of sp³-hybridized carbons (Fsp3) is 0.182. The third-order valence-electron chi connectivity index (χ3n) is 4.77. The number of carbonyl (C=O) groups is 3. The first-order valence-electron chi connectivity index (χ1n) is 8.62. The van der Waals surface area contributed by atoms with Crippen molar-refractivity contribution in [3.63, 3.8) is 0 Å². The lowest BCUT2D eigenvalue weighted by molar-refractivity contribution is -0.146. The number of carboxylic acids is 1. The molecule has 0 atom stereocenters. The van der Waals surface area contributed by atoms with Crippen molar-refractivity contribution in [1.82, 2.24) is 4.98 Å². The summed E-state index contributed by atoms with van der Waals surface area (Å²) in [5.41, 5.74) is 0.398. The second-order valence-corrected chi connectivity index (χ2v) is 6.89. The third kappa shape index (κ3) is 3.24. The van der Waals surface area contributed by atoms with Crippen LogP contribution in [0.4, 0.5) is 0 Å². The minimum atomic E-state index is -1.06. The van der Waals surface area contributed by atoms with E-state index >= 15 is 0 Å². The average molecular weight is 377 g/mol. The van der Waals surface area contributed by atoms with Crippen molar-refractivity contribution in [3.8, 4) is 0 Å². The monoisotopic (exact) mass is 377 g/mol. The van der Waals surface area contributed by atoms with Gasteiger partial charge in [-0.05, 0) is 36.9 Å². The van der Waals surface area contributed by atoms with Crippen LogP contribution in [0.15, 0.2) is 54.7 Å². The Morgan fingerprint density at radius 1 is 0.929 bits per heavy atom. The van der Waals surface area contributed by atoms with Crippen LogP contribution in [0, 0.1) is 0 Å². The molecule has 0 saturated carbocycles. The zero-order valence-electron chi connectivity index (χ0n) is 15.7. The van der Waals surface area contributed by atoms with Gasteiger partial charge in [-0.3, -0.25) is 14.6 Å². The van der Waals surface area contributed by atoms with Gasteiger partial charge < -0.3 is 9.84 Å². The molecular weight excluding hydrogens is 358 g/mol. The minimum Gasteiger partial charge on any atom is -0.478 e. The highest BCUT2D eigenvalue weighted by Crippen LogP contribution is 2.32. The summed E-state index contributed by atoms with van der Waals surface area (Å²) in [5, 5.41) is 10.4. The number of pyridine rings is 1. The van der Waals surface area contributed by atoms with E-state index in [1.165, 1.54) is 37.6 Å². The predicted octanol–water partition coefficient (Wildman–Crippen LogP) is 3.61. The number of fused-ring (bicyclic) bond motifs is 1. The van der Waals surface area contributed by atoms with Crippen LogP contribution in [0.2, 0.25) is 0 Å². The van der Waals surface area contributed by atoms with Crippen LogP contribution < -0.4 is 0 Å². The first-order chi connectivity index (χ1) is 13.3. The van der Waals surface area contributed by atoms with Gasteiger partial charge in [0.1, 0.15) is 5.69 Å². The van der Waals surface area contributed by atoms with E-state index in [9.17, 15) is 14.4 Å². The van der Waals surface area contributed by atoms with Crippen LogP contribution in [0.1, 0.15) is 45.8 Å². The number of ketones is 1. The molecule has 0 bridgehead atoms. The molecule has 0 fully saturated rings. The topological polar surface area (TPSA) is 93.6 Å². The van der Waals surface area contributed by atoms with Crippen molar-refractivity contribution < 1.29 is 24.2 Å². The minimum absolute atomic E-state index is 0.101. The number of methoxy groups -OCH3 is 1. The van der Waals surface area contributed by atoms with Gasteiger partial charge in [0.2, 0.25) is 5.78 Å². The molecule has 28 heavy (non-hydrogen) atoms. The molecule has 3 aromatic rings. The van der Waals surface area contributed by atoms with Crippen LogP contribution in [0.25, 0.3) is 10.8 Å². The number of hydrogen-bond donors (Lipinski definition) is 1. The Bertz CT molecular complexity index is 1080. The maximum absolute atomic E-state index is 13.0. The van der Waals surface area contributed by atoms with Gasteiger partial charge in [-0.15, -0.1) is 0 Å². The molecule has 1 heterocycles. The van der Waals surface area contributed by atoms with E-state index in [0.717, 1.165) is 5.39 Å². The van der Waals surface area contributed by atoms with Gasteiger partial charge in [-0.2, -0.15) is 0 Å². The second-order valence-electron chi connectivity index (χ2n) is 6.89. The zero-order valence-corrected chi connectivity index (χ0v) is 15.7. The summed E-state index contributed by atoms with van der Waals surface area (Å²) in [6, 6.07) is 12.9. The quantitative estimate of drug-likeness (QED) is 0.539. The Hall–Kier alpha value is -3.54. The smallest absolute Gasteiger partial charge is 0.335 e. The second kappa shape index (κ2) is 7.23. The van der Waals surface area contributed by atoms with Crippen LogP contribution in [-0.4, -0.2) is 34.9 Å². The van der Waals surface area contributed by atoms with E-state index < -0.39 is 17.4 Å². The first kappa shape index (κ1) is 19.2. The molecule has 0 aliphatic carbocycles. The standard InChI is InChI=1S/C22H19NO5/c1-22(2,21(27)28-3)17-12-23-18(16-7-5-4-6-15(16)17)19(24)13-8-10-14(11-9-13)20(25)26/h4-12H,1-3H3,(H,25,26). The third-order valence-corrected chi connectivity index (χ3v) is 4.77. The molecule has 3 rings (SSSR count). The zero-order chi connectivity index (χ0) is 20.5. The lowest BCUT2D eigenvalue weighted by Crippen LogP contribution is -2.30. The Morgan fingerprint density at radius 3 is 2.07 bits per heavy atom. The van der Waals surface area contributed by atoms with Crippen molar-refractivity contribution >= 4 is 28.5 Å². The van der Waals surface area contributed by atoms with Crippen LogP contribution in [0.5, 0.6) is 0 Å². The average Bonchev–Trinajstić information content (AvgIpc) is 2.71. The summed E-state index contributed by atoms with van der Waals surface area (Å²) in [7, 11) is 1.33. The number of ether oxygens (including phenoxy) is 1. The SMILES string of the molecule is COC(=O)C(C)(C)c1cnc(C(=O)c2ccc(C(=O)O)cc2)c2ccccc12. The number of aromatic nitrogens is 1. The number of nitrogens with zero attached hydrogens (tertiary/aromatic N) is 1. The van der Waals surface area contributed by atoms with Crippen molar-refractivity contribution in [1.29, 1.82) is 0 Å². The van der Waals surface area contributed by atoms with Crippen LogP contribution in [0.3, 0.4) is 0 Å². The highest BCUT2D eigenvalue weighted by Gasteiger charge is 2.33. The summed E-state index contributed by atoms with van der Waals surface area (Å²) < 4.78 is 4.91. The number of hydrogen-bond acceptors (Lipinski definition) is 5. The molecule has 1 aromatic heterocycles. The molecule has 0 radical (unpaired) electrons. The molecule has 0 aliphatic heterocycles. The largest absolute Gasteiger partial charge is 0.478 e. The number of rotatable bonds is 5. The summed E-state index contributed by atoms with van der Waals surface area (Å²) in [6.45, 7) is 3.49. The van der Waals surface area contributed by atoms with Crippen molar-refractivity contribution in [2.75, 3.05) is 7.11 Å². The maximum atomic E-state index is 13.0. The Morgan fingerprint density at radius 2 is 1.50 bits per heavy atom. The van der Waals surface area contributed by atoms with Crippen molar-refractivity contribution in [2.24, 2.45) is 0 Å². The fourth-order valence-electron chi connectivity index (χ4n) is 3.14. The van der Waals surface area contributed by atoms with E-state index in [0.29, 0.717) is 16.5 Å². The van der Waals surface area contributed by atoms with Gasteiger partial charge in [-0.25, -0.2) is 4.79 Å². The predicted molar refractivity (Wildman–Crippen MR) is 104 cm³/mol. The molecule has 0 aliphatic rings. The Labute approximate surface area is 161 Å². The van der Waals surface area contributed by atoms with Gasteiger partial charge in [0.15, 0.2) is 0 Å². The Balaban J connectivity index is 2.13.